The number of hydrogen-bond donors (Lipinski definition) is 1. The summed E-state index contributed by atoms with van der Waals surface area (Å²) in [5.74, 6) is 0.924. The Morgan fingerprint density at radius 1 is 1.05 bits per heavy atom. The van der Waals surface area contributed by atoms with Gasteiger partial charge in [-0.2, -0.15) is 0 Å². The SMILES string of the molecule is COc1ccccc1CN(C)c1ccc(CN)cc1. The molecule has 2 rings (SSSR count). The minimum Gasteiger partial charge on any atom is -0.496 e. The van der Waals surface area contributed by atoms with E-state index in [2.05, 4.69) is 42.3 Å². The molecule has 0 aromatic heterocycles. The first-order chi connectivity index (χ1) is 9.24. The third kappa shape index (κ3) is 3.26. The van der Waals surface area contributed by atoms with Gasteiger partial charge in [0.15, 0.2) is 0 Å². The van der Waals surface area contributed by atoms with E-state index in [1.807, 2.05) is 18.2 Å². The van der Waals surface area contributed by atoms with Crippen LogP contribution in [0.4, 0.5) is 5.69 Å². The molecule has 0 saturated carbocycles. The predicted octanol–water partition coefficient (Wildman–Crippen LogP) is 2.79. The Labute approximate surface area is 114 Å². The van der Waals surface area contributed by atoms with Crippen LogP contribution < -0.4 is 15.4 Å². The fourth-order valence-corrected chi connectivity index (χ4v) is 2.07. The molecule has 0 spiro atoms. The molecule has 2 aromatic carbocycles. The Kier molecular flexibility index (Phi) is 4.42. The van der Waals surface area contributed by atoms with Crippen molar-refractivity contribution in [2.45, 2.75) is 13.1 Å². The van der Waals surface area contributed by atoms with Crippen molar-refractivity contribution in [3.8, 4) is 5.75 Å². The van der Waals surface area contributed by atoms with Crippen molar-refractivity contribution in [1.29, 1.82) is 0 Å². The molecular weight excluding hydrogens is 236 g/mol. The second-order valence-corrected chi connectivity index (χ2v) is 4.54. The smallest absolute Gasteiger partial charge is 0.123 e. The molecule has 0 saturated heterocycles. The van der Waals surface area contributed by atoms with Crippen molar-refractivity contribution in [2.24, 2.45) is 5.73 Å². The van der Waals surface area contributed by atoms with E-state index in [1.54, 1.807) is 7.11 Å². The maximum absolute atomic E-state index is 5.61. The molecule has 0 fully saturated rings. The Hall–Kier alpha value is -2.00. The van der Waals surface area contributed by atoms with Crippen LogP contribution >= 0.6 is 0 Å². The molecule has 100 valence electrons. The topological polar surface area (TPSA) is 38.5 Å². The van der Waals surface area contributed by atoms with Gasteiger partial charge < -0.3 is 15.4 Å². The van der Waals surface area contributed by atoms with Gasteiger partial charge >= 0.3 is 0 Å². The third-order valence-electron chi connectivity index (χ3n) is 3.21. The average molecular weight is 256 g/mol. The number of para-hydroxylation sites is 1. The van der Waals surface area contributed by atoms with E-state index in [9.17, 15) is 0 Å². The number of anilines is 1. The maximum Gasteiger partial charge on any atom is 0.123 e. The number of hydrogen-bond acceptors (Lipinski definition) is 3. The minimum absolute atomic E-state index is 0.580. The molecule has 0 aliphatic rings. The van der Waals surface area contributed by atoms with Crippen molar-refractivity contribution in [1.82, 2.24) is 0 Å². The molecule has 0 radical (unpaired) electrons. The van der Waals surface area contributed by atoms with Crippen LogP contribution in [0.15, 0.2) is 48.5 Å². The van der Waals surface area contributed by atoms with Gasteiger partial charge in [0, 0.05) is 31.4 Å². The van der Waals surface area contributed by atoms with Gasteiger partial charge in [0.05, 0.1) is 7.11 Å². The first kappa shape index (κ1) is 13.4. The summed E-state index contributed by atoms with van der Waals surface area (Å²) >= 11 is 0. The summed E-state index contributed by atoms with van der Waals surface area (Å²) in [5, 5.41) is 0. The second-order valence-electron chi connectivity index (χ2n) is 4.54. The lowest BCUT2D eigenvalue weighted by Crippen LogP contribution is -2.16. The molecule has 0 aliphatic carbocycles. The Morgan fingerprint density at radius 2 is 1.74 bits per heavy atom. The lowest BCUT2D eigenvalue weighted by Gasteiger charge is -2.21. The quantitative estimate of drug-likeness (QED) is 0.894. The summed E-state index contributed by atoms with van der Waals surface area (Å²) < 4.78 is 5.38. The zero-order valence-corrected chi connectivity index (χ0v) is 11.5. The van der Waals surface area contributed by atoms with Crippen molar-refractivity contribution in [3.63, 3.8) is 0 Å². The van der Waals surface area contributed by atoms with E-state index < -0.39 is 0 Å². The van der Waals surface area contributed by atoms with Crippen molar-refractivity contribution in [2.75, 3.05) is 19.1 Å². The van der Waals surface area contributed by atoms with Gasteiger partial charge in [0.25, 0.3) is 0 Å². The Morgan fingerprint density at radius 3 is 2.37 bits per heavy atom. The van der Waals surface area contributed by atoms with Crippen LogP contribution in [0.3, 0.4) is 0 Å². The van der Waals surface area contributed by atoms with E-state index in [1.165, 1.54) is 11.3 Å². The molecule has 0 amide bonds. The molecule has 19 heavy (non-hydrogen) atoms. The lowest BCUT2D eigenvalue weighted by molar-refractivity contribution is 0.409. The first-order valence-corrected chi connectivity index (χ1v) is 6.36. The summed E-state index contributed by atoms with van der Waals surface area (Å²) in [4.78, 5) is 2.19. The molecule has 2 aromatic rings. The van der Waals surface area contributed by atoms with Gasteiger partial charge in [0.2, 0.25) is 0 Å². The molecule has 0 bridgehead atoms. The van der Waals surface area contributed by atoms with Crippen LogP contribution in [-0.2, 0) is 13.1 Å². The molecule has 3 nitrogen and oxygen atoms in total. The van der Waals surface area contributed by atoms with Gasteiger partial charge in [-0.1, -0.05) is 30.3 Å². The highest BCUT2D eigenvalue weighted by atomic mass is 16.5. The van der Waals surface area contributed by atoms with Crippen LogP contribution in [0.5, 0.6) is 5.75 Å². The van der Waals surface area contributed by atoms with Crippen LogP contribution in [0, 0.1) is 0 Å². The number of nitrogens with zero attached hydrogens (tertiary/aromatic N) is 1. The van der Waals surface area contributed by atoms with Gasteiger partial charge in [-0.05, 0) is 23.8 Å². The van der Waals surface area contributed by atoms with Gasteiger partial charge in [-0.25, -0.2) is 0 Å². The van der Waals surface area contributed by atoms with Gasteiger partial charge in [-0.3, -0.25) is 0 Å². The largest absolute Gasteiger partial charge is 0.496 e. The standard InChI is InChI=1S/C16H20N2O/c1-18(15-9-7-13(11-17)8-10-15)12-14-5-3-4-6-16(14)19-2/h3-10H,11-12,17H2,1-2H3. The van der Waals surface area contributed by atoms with E-state index >= 15 is 0 Å². The van der Waals surface area contributed by atoms with Crippen molar-refractivity contribution in [3.05, 3.63) is 59.7 Å². The summed E-state index contributed by atoms with van der Waals surface area (Å²) in [5.41, 5.74) is 9.10. The highest BCUT2D eigenvalue weighted by Crippen LogP contribution is 2.22. The first-order valence-electron chi connectivity index (χ1n) is 6.36. The third-order valence-corrected chi connectivity index (χ3v) is 3.21. The highest BCUT2D eigenvalue weighted by molar-refractivity contribution is 5.48. The Bertz CT molecular complexity index is 523. The summed E-state index contributed by atoms with van der Waals surface area (Å²) in [6.45, 7) is 1.39. The molecular formula is C16H20N2O. The van der Waals surface area contributed by atoms with Gasteiger partial charge in [-0.15, -0.1) is 0 Å². The monoisotopic (exact) mass is 256 g/mol. The number of methoxy groups -OCH3 is 1. The summed E-state index contributed by atoms with van der Waals surface area (Å²) in [6, 6.07) is 16.4. The summed E-state index contributed by atoms with van der Waals surface area (Å²) in [6.07, 6.45) is 0. The van der Waals surface area contributed by atoms with E-state index in [4.69, 9.17) is 10.5 Å². The zero-order valence-electron chi connectivity index (χ0n) is 11.5. The number of rotatable bonds is 5. The molecule has 0 unspecified atom stereocenters. The normalized spacial score (nSPS) is 10.3. The maximum atomic E-state index is 5.61. The fourth-order valence-electron chi connectivity index (χ4n) is 2.07. The summed E-state index contributed by atoms with van der Waals surface area (Å²) in [7, 11) is 3.78. The van der Waals surface area contributed by atoms with Crippen molar-refractivity contribution >= 4 is 5.69 Å². The van der Waals surface area contributed by atoms with E-state index in [0.717, 1.165) is 17.9 Å². The van der Waals surface area contributed by atoms with Crippen LogP contribution in [0.2, 0.25) is 0 Å². The van der Waals surface area contributed by atoms with E-state index in [-0.39, 0.29) is 0 Å². The fraction of sp³-hybridized carbons (Fsp3) is 0.250. The molecule has 0 heterocycles. The van der Waals surface area contributed by atoms with Crippen LogP contribution in [-0.4, -0.2) is 14.2 Å². The molecule has 0 aliphatic heterocycles. The lowest BCUT2D eigenvalue weighted by atomic mass is 10.1. The number of nitrogens with two attached hydrogens (primary N) is 1. The van der Waals surface area contributed by atoms with Crippen molar-refractivity contribution < 1.29 is 4.74 Å². The molecule has 3 heteroatoms. The van der Waals surface area contributed by atoms with E-state index in [0.29, 0.717) is 6.54 Å². The average Bonchev–Trinajstić information content (AvgIpc) is 2.48. The second kappa shape index (κ2) is 6.25. The molecule has 2 N–H and O–H groups in total. The van der Waals surface area contributed by atoms with Gasteiger partial charge in [0.1, 0.15) is 5.75 Å². The minimum atomic E-state index is 0.580. The number of ether oxygens (including phenoxy) is 1. The molecule has 0 atom stereocenters. The predicted molar refractivity (Wildman–Crippen MR) is 79.4 cm³/mol. The zero-order chi connectivity index (χ0) is 13.7. The van der Waals surface area contributed by atoms with Crippen LogP contribution in [0.1, 0.15) is 11.1 Å². The number of benzene rings is 2. The Balaban J connectivity index is 2.13. The highest BCUT2D eigenvalue weighted by Gasteiger charge is 2.06. The van der Waals surface area contributed by atoms with Crippen LogP contribution in [0.25, 0.3) is 0 Å².